The molecular weight excluding hydrogens is 831 g/mol. The largest absolute Gasteiger partial charge is 0.385 e. The van der Waals surface area contributed by atoms with Crippen LogP contribution in [0.2, 0.25) is 5.02 Å². The topological polar surface area (TPSA) is 198 Å². The summed E-state index contributed by atoms with van der Waals surface area (Å²) in [7, 11) is 0. The molecule has 5 N–H and O–H groups in total. The van der Waals surface area contributed by atoms with E-state index in [4.69, 9.17) is 11.6 Å². The number of carbonyl (C=O) groups is 6. The molecule has 4 heterocycles. The van der Waals surface area contributed by atoms with Gasteiger partial charge >= 0.3 is 0 Å². The highest BCUT2D eigenvalue weighted by Crippen LogP contribution is 2.30. The maximum Gasteiger partial charge on any atom is 0.262 e. The average molecular weight is 873 g/mol. The smallest absolute Gasteiger partial charge is 0.262 e. The molecule has 322 valence electrons. The number of piperazine rings is 1. The molecule has 16 nitrogen and oxygen atoms in total. The number of rotatable bonds is 14. The number of benzene rings is 4. The van der Waals surface area contributed by atoms with Crippen molar-refractivity contribution < 1.29 is 33.2 Å². The zero-order valence-corrected chi connectivity index (χ0v) is 34.6. The molecule has 6 amide bonds. The molecule has 8 rings (SSSR count). The number of aromatic nitrogens is 2. The summed E-state index contributed by atoms with van der Waals surface area (Å²) in [5.41, 5.74) is 4.02. The van der Waals surface area contributed by atoms with Crippen molar-refractivity contribution in [2.45, 2.75) is 31.7 Å². The van der Waals surface area contributed by atoms with Crippen molar-refractivity contribution in [3.8, 4) is 0 Å². The zero-order valence-electron chi connectivity index (χ0n) is 33.8. The van der Waals surface area contributed by atoms with Crippen molar-refractivity contribution in [3.05, 3.63) is 130 Å². The first-order valence-electron chi connectivity index (χ1n) is 20.4. The molecule has 2 saturated heterocycles. The summed E-state index contributed by atoms with van der Waals surface area (Å²) in [5.74, 6) is -3.02. The van der Waals surface area contributed by atoms with Gasteiger partial charge in [-0.25, -0.2) is 9.37 Å². The number of para-hydroxylation sites is 1. The van der Waals surface area contributed by atoms with Crippen molar-refractivity contribution in [1.82, 2.24) is 30.0 Å². The lowest BCUT2D eigenvalue weighted by atomic mass is 10.0. The van der Waals surface area contributed by atoms with Gasteiger partial charge in [0.1, 0.15) is 6.04 Å². The Bertz CT molecular complexity index is 2590. The maximum atomic E-state index is 14.7. The molecule has 0 bridgehead atoms. The minimum absolute atomic E-state index is 0.0321. The Morgan fingerprint density at radius 3 is 2.27 bits per heavy atom. The number of anilines is 6. The summed E-state index contributed by atoms with van der Waals surface area (Å²) in [6, 6.07) is 24.6. The fourth-order valence-electron chi connectivity index (χ4n) is 7.57. The zero-order chi connectivity index (χ0) is 44.0. The number of carbonyl (C=O) groups excluding carboxylic acids is 6. The van der Waals surface area contributed by atoms with Gasteiger partial charge in [-0.15, -0.1) is 0 Å². The van der Waals surface area contributed by atoms with Crippen molar-refractivity contribution in [3.63, 3.8) is 0 Å². The van der Waals surface area contributed by atoms with Crippen LogP contribution < -0.4 is 26.6 Å². The van der Waals surface area contributed by atoms with E-state index < -0.39 is 35.5 Å². The van der Waals surface area contributed by atoms with Gasteiger partial charge in [-0.05, 0) is 91.7 Å². The van der Waals surface area contributed by atoms with Crippen LogP contribution in [0.4, 0.5) is 38.9 Å². The van der Waals surface area contributed by atoms with Crippen LogP contribution in [0, 0.1) is 5.82 Å². The molecule has 3 aliphatic rings. The van der Waals surface area contributed by atoms with Crippen LogP contribution >= 0.6 is 11.6 Å². The molecule has 2 fully saturated rings. The second kappa shape index (κ2) is 18.8. The Balaban J connectivity index is 0.752. The minimum atomic E-state index is -1.01. The Morgan fingerprint density at radius 2 is 1.52 bits per heavy atom. The number of hydrogen-bond acceptors (Lipinski definition) is 12. The number of halogens is 2. The molecule has 1 unspecified atom stereocenters. The molecule has 0 aliphatic carbocycles. The highest BCUT2D eigenvalue weighted by atomic mass is 35.5. The third-order valence-electron chi connectivity index (χ3n) is 11.0. The van der Waals surface area contributed by atoms with E-state index >= 15 is 0 Å². The first-order valence-corrected chi connectivity index (χ1v) is 20.8. The molecule has 3 aliphatic heterocycles. The van der Waals surface area contributed by atoms with Crippen LogP contribution in [0.5, 0.6) is 0 Å². The standard InChI is InChI=1S/C45H42ClFN10O6/c46-34-4-1-2-5-36(34)52-41(60)28-8-12-29(13-9-28)50-40-35(47)26-49-45(54-40)51-30-10-6-27(7-11-30)24-39(59)56-22-20-55(21-23-56)19-3-18-48-31-14-15-32-33(25-31)44(63)57(43(32)62)37-16-17-38(58)53-42(37)61/h1-2,4-15,25-26,37,48H,3,16-24H2,(H,52,60)(H,53,58,61)(H2,49,50,51,54). The summed E-state index contributed by atoms with van der Waals surface area (Å²) in [5, 5.41) is 14.7. The molecule has 0 saturated carbocycles. The van der Waals surface area contributed by atoms with Gasteiger partial charge in [0, 0.05) is 61.8 Å². The summed E-state index contributed by atoms with van der Waals surface area (Å²) in [4.78, 5) is 89.4. The van der Waals surface area contributed by atoms with Crippen LogP contribution in [-0.2, 0) is 20.8 Å². The van der Waals surface area contributed by atoms with Crippen molar-refractivity contribution in [2.24, 2.45) is 0 Å². The molecule has 1 aromatic heterocycles. The van der Waals surface area contributed by atoms with Gasteiger partial charge in [-0.1, -0.05) is 35.9 Å². The molecular formula is C45H42ClFN10O6. The number of nitrogens with zero attached hydrogens (tertiary/aromatic N) is 5. The van der Waals surface area contributed by atoms with E-state index in [1.54, 1.807) is 78.9 Å². The van der Waals surface area contributed by atoms with Crippen molar-refractivity contribution in [1.29, 1.82) is 0 Å². The summed E-state index contributed by atoms with van der Waals surface area (Å²) >= 11 is 6.15. The minimum Gasteiger partial charge on any atom is -0.385 e. The molecule has 63 heavy (non-hydrogen) atoms. The predicted octanol–water partition coefficient (Wildman–Crippen LogP) is 5.60. The van der Waals surface area contributed by atoms with E-state index in [0.29, 0.717) is 53.0 Å². The van der Waals surface area contributed by atoms with Gasteiger partial charge in [0.25, 0.3) is 17.7 Å². The Morgan fingerprint density at radius 1 is 0.825 bits per heavy atom. The van der Waals surface area contributed by atoms with Crippen LogP contribution in [0.15, 0.2) is 97.2 Å². The number of nitrogens with one attached hydrogen (secondary N) is 5. The first-order chi connectivity index (χ1) is 30.5. The van der Waals surface area contributed by atoms with Gasteiger partial charge in [-0.2, -0.15) is 4.98 Å². The molecule has 18 heteroatoms. The highest BCUT2D eigenvalue weighted by Gasteiger charge is 2.44. The fraction of sp³-hybridized carbons (Fsp3) is 0.244. The second-order valence-corrected chi connectivity index (χ2v) is 15.6. The van der Waals surface area contributed by atoms with E-state index in [1.165, 1.54) is 0 Å². The number of imide groups is 2. The molecule has 1 atom stereocenters. The fourth-order valence-corrected chi connectivity index (χ4v) is 7.76. The van der Waals surface area contributed by atoms with Crippen molar-refractivity contribution in [2.75, 3.05) is 60.5 Å². The first kappa shape index (κ1) is 42.5. The lowest BCUT2D eigenvalue weighted by Crippen LogP contribution is -2.54. The molecule has 0 radical (unpaired) electrons. The summed E-state index contributed by atoms with van der Waals surface area (Å²) in [6.07, 6.45) is 2.27. The Kier molecular flexibility index (Phi) is 12.7. The number of hydrogen-bond donors (Lipinski definition) is 5. The predicted molar refractivity (Wildman–Crippen MR) is 234 cm³/mol. The highest BCUT2D eigenvalue weighted by molar-refractivity contribution is 6.34. The normalized spacial score (nSPS) is 16.4. The van der Waals surface area contributed by atoms with E-state index in [-0.39, 0.29) is 54.0 Å². The van der Waals surface area contributed by atoms with Crippen LogP contribution in [0.1, 0.15) is 55.9 Å². The Labute approximate surface area is 366 Å². The van der Waals surface area contributed by atoms with Crippen LogP contribution in [-0.4, -0.2) is 105 Å². The quantitative estimate of drug-likeness (QED) is 0.0686. The van der Waals surface area contributed by atoms with Gasteiger partial charge in [0.15, 0.2) is 11.6 Å². The van der Waals surface area contributed by atoms with Crippen LogP contribution in [0.3, 0.4) is 0 Å². The second-order valence-electron chi connectivity index (χ2n) is 15.2. The van der Waals surface area contributed by atoms with Crippen LogP contribution in [0.25, 0.3) is 0 Å². The van der Waals surface area contributed by atoms with Crippen molar-refractivity contribution >= 4 is 81.6 Å². The average Bonchev–Trinajstić information content (AvgIpc) is 3.53. The number of fused-ring (bicyclic) bond motifs is 1. The third-order valence-corrected chi connectivity index (χ3v) is 11.3. The molecule has 0 spiro atoms. The van der Waals surface area contributed by atoms with Gasteiger partial charge in [-0.3, -0.25) is 43.9 Å². The van der Waals surface area contributed by atoms with E-state index in [0.717, 1.165) is 42.7 Å². The van der Waals surface area contributed by atoms with E-state index in [1.807, 2.05) is 17.0 Å². The summed E-state index contributed by atoms with van der Waals surface area (Å²) < 4.78 is 14.7. The SMILES string of the molecule is O=C1CCC(N2C(=O)c3ccc(NCCCN4CCN(C(=O)Cc5ccc(Nc6ncc(F)c(Nc7ccc(C(=O)Nc8ccccc8Cl)cc7)n6)cc5)CC4)cc3C2=O)C(=O)N1. The molecule has 5 aromatic rings. The lowest BCUT2D eigenvalue weighted by molar-refractivity contribution is -0.136. The molecule has 4 aromatic carbocycles. The Hall–Kier alpha value is -7.24. The van der Waals surface area contributed by atoms with E-state index in [2.05, 4.69) is 41.5 Å². The number of amides is 6. The maximum absolute atomic E-state index is 14.7. The van der Waals surface area contributed by atoms with E-state index in [9.17, 15) is 33.2 Å². The third kappa shape index (κ3) is 9.95. The monoisotopic (exact) mass is 872 g/mol. The van der Waals surface area contributed by atoms with Gasteiger partial charge in [0.2, 0.25) is 23.7 Å². The number of piperidine rings is 1. The van der Waals surface area contributed by atoms with Gasteiger partial charge < -0.3 is 26.2 Å². The summed E-state index contributed by atoms with van der Waals surface area (Å²) in [6.45, 7) is 4.12. The lowest BCUT2D eigenvalue weighted by Gasteiger charge is -2.34. The van der Waals surface area contributed by atoms with Gasteiger partial charge in [0.05, 0.1) is 34.5 Å².